The first kappa shape index (κ1) is 21.4. The Morgan fingerprint density at radius 2 is 1.19 bits per heavy atom. The average molecular weight is 382 g/mol. The Kier molecular flexibility index (Phi) is 8.25. The van der Waals surface area contributed by atoms with Gasteiger partial charge in [0.25, 0.3) is 0 Å². The van der Waals surface area contributed by atoms with Gasteiger partial charge in [0.05, 0.1) is 24.4 Å². The minimum absolute atomic E-state index is 0.00773. The van der Waals surface area contributed by atoms with Crippen LogP contribution in [0, 0.1) is 23.7 Å². The standard InChI is InChI=1S/C20H30O7/c21-17(13-7-1-2-8-14(13)18(22)23)11-5-6-12-27-20(26)16-10-4-3-9-15(16)19(24)25/h13-16H,1-12H2,(H,22,23)(H,24,25)/t13-,14-,15-,16+/m0/s1. The maximum atomic E-state index is 12.3. The summed E-state index contributed by atoms with van der Waals surface area (Å²) in [6.45, 7) is 0.169. The lowest BCUT2D eigenvalue weighted by atomic mass is 9.76. The third-order valence-electron chi connectivity index (χ3n) is 5.94. The number of hydrogen-bond donors (Lipinski definition) is 2. The number of esters is 1. The second-order valence-electron chi connectivity index (χ2n) is 7.76. The second-order valence-corrected chi connectivity index (χ2v) is 7.76. The van der Waals surface area contributed by atoms with E-state index in [2.05, 4.69) is 0 Å². The molecule has 0 aromatic carbocycles. The summed E-state index contributed by atoms with van der Waals surface area (Å²) < 4.78 is 5.24. The molecule has 0 saturated heterocycles. The van der Waals surface area contributed by atoms with Gasteiger partial charge in [-0.3, -0.25) is 19.2 Å². The lowest BCUT2D eigenvalue weighted by Crippen LogP contribution is -2.34. The van der Waals surface area contributed by atoms with Crippen LogP contribution in [0.3, 0.4) is 0 Å². The van der Waals surface area contributed by atoms with Crippen LogP contribution >= 0.6 is 0 Å². The number of carbonyl (C=O) groups is 4. The van der Waals surface area contributed by atoms with Crippen LogP contribution < -0.4 is 0 Å². The number of ketones is 1. The van der Waals surface area contributed by atoms with Crippen LogP contribution in [0.5, 0.6) is 0 Å². The number of carboxylic acids is 2. The van der Waals surface area contributed by atoms with Crippen LogP contribution in [-0.2, 0) is 23.9 Å². The van der Waals surface area contributed by atoms with Gasteiger partial charge in [-0.2, -0.15) is 0 Å². The highest BCUT2D eigenvalue weighted by Crippen LogP contribution is 2.33. The molecule has 27 heavy (non-hydrogen) atoms. The van der Waals surface area contributed by atoms with E-state index in [-0.39, 0.29) is 12.4 Å². The van der Waals surface area contributed by atoms with Crippen LogP contribution in [0.15, 0.2) is 0 Å². The van der Waals surface area contributed by atoms with E-state index in [1.807, 2.05) is 0 Å². The molecule has 4 atom stereocenters. The van der Waals surface area contributed by atoms with Crippen LogP contribution in [0.4, 0.5) is 0 Å². The van der Waals surface area contributed by atoms with Gasteiger partial charge >= 0.3 is 17.9 Å². The Bertz CT molecular complexity index is 509. The molecule has 2 aliphatic rings. The zero-order valence-corrected chi connectivity index (χ0v) is 15.7. The normalized spacial score (nSPS) is 28.3. The number of ether oxygens (including phenoxy) is 1. The fourth-order valence-electron chi connectivity index (χ4n) is 4.39. The van der Waals surface area contributed by atoms with Gasteiger partial charge in [0, 0.05) is 12.3 Å². The largest absolute Gasteiger partial charge is 0.481 e. The molecule has 0 unspecified atom stereocenters. The minimum Gasteiger partial charge on any atom is -0.481 e. The first-order valence-corrected chi connectivity index (χ1v) is 10.1. The Morgan fingerprint density at radius 1 is 0.704 bits per heavy atom. The number of carbonyl (C=O) groups excluding carboxylic acids is 2. The maximum absolute atomic E-state index is 12.3. The number of hydrogen-bond acceptors (Lipinski definition) is 5. The Morgan fingerprint density at radius 3 is 1.74 bits per heavy atom. The van der Waals surface area contributed by atoms with E-state index >= 15 is 0 Å². The van der Waals surface area contributed by atoms with Gasteiger partial charge < -0.3 is 14.9 Å². The average Bonchev–Trinajstić information content (AvgIpc) is 2.67. The molecule has 0 aliphatic heterocycles. The second kappa shape index (κ2) is 10.4. The van der Waals surface area contributed by atoms with Crippen molar-refractivity contribution in [3.8, 4) is 0 Å². The highest BCUT2D eigenvalue weighted by molar-refractivity contribution is 5.86. The van der Waals surface area contributed by atoms with Crippen LogP contribution in [0.2, 0.25) is 0 Å². The van der Waals surface area contributed by atoms with Gasteiger partial charge in [-0.05, 0) is 38.5 Å². The van der Waals surface area contributed by atoms with Crippen molar-refractivity contribution < 1.29 is 34.1 Å². The molecule has 152 valence electrons. The molecule has 2 aliphatic carbocycles. The molecule has 2 saturated carbocycles. The topological polar surface area (TPSA) is 118 Å². The first-order valence-electron chi connectivity index (χ1n) is 10.1. The number of rotatable bonds is 9. The van der Waals surface area contributed by atoms with E-state index < -0.39 is 41.6 Å². The zero-order valence-electron chi connectivity index (χ0n) is 15.7. The lowest BCUT2D eigenvalue weighted by molar-refractivity contribution is -0.159. The molecule has 0 amide bonds. The molecule has 2 N–H and O–H groups in total. The molecule has 0 radical (unpaired) electrons. The van der Waals surface area contributed by atoms with Crippen molar-refractivity contribution in [2.75, 3.05) is 6.61 Å². The Labute approximate surface area is 159 Å². The van der Waals surface area contributed by atoms with Gasteiger partial charge in [-0.1, -0.05) is 25.7 Å². The highest BCUT2D eigenvalue weighted by atomic mass is 16.5. The molecule has 7 heteroatoms. The van der Waals surface area contributed by atoms with Crippen molar-refractivity contribution in [2.45, 2.75) is 70.6 Å². The molecule has 0 bridgehead atoms. The Balaban J connectivity index is 1.69. The molecule has 0 spiro atoms. The summed E-state index contributed by atoms with van der Waals surface area (Å²) in [5, 5.41) is 18.5. The maximum Gasteiger partial charge on any atom is 0.309 e. The van der Waals surface area contributed by atoms with E-state index in [0.717, 1.165) is 25.7 Å². The minimum atomic E-state index is -0.942. The predicted molar refractivity (Wildman–Crippen MR) is 96.0 cm³/mol. The van der Waals surface area contributed by atoms with E-state index in [1.165, 1.54) is 0 Å². The lowest BCUT2D eigenvalue weighted by Gasteiger charge is -2.27. The summed E-state index contributed by atoms with van der Waals surface area (Å²) in [5.74, 6) is -4.48. The van der Waals surface area contributed by atoms with E-state index in [4.69, 9.17) is 4.74 Å². The first-order chi connectivity index (χ1) is 12.9. The summed E-state index contributed by atoms with van der Waals surface area (Å²) in [4.78, 5) is 47.0. The number of carboxylic acid groups (broad SMARTS) is 2. The third-order valence-corrected chi connectivity index (χ3v) is 5.94. The summed E-state index contributed by atoms with van der Waals surface area (Å²) in [6.07, 6.45) is 7.03. The van der Waals surface area contributed by atoms with Gasteiger partial charge in [0.1, 0.15) is 5.78 Å². The van der Waals surface area contributed by atoms with E-state index in [0.29, 0.717) is 44.9 Å². The quantitative estimate of drug-likeness (QED) is 0.465. The molecule has 0 heterocycles. The van der Waals surface area contributed by atoms with Crippen LogP contribution in [-0.4, -0.2) is 40.5 Å². The summed E-state index contributed by atoms with van der Waals surface area (Å²) in [5.41, 5.74) is 0. The van der Waals surface area contributed by atoms with Crippen LogP contribution in [0.1, 0.15) is 70.6 Å². The fraction of sp³-hybridized carbons (Fsp3) is 0.800. The molecule has 2 rings (SSSR count). The zero-order chi connectivity index (χ0) is 19.8. The van der Waals surface area contributed by atoms with Gasteiger partial charge in [0.2, 0.25) is 0 Å². The SMILES string of the molecule is O=C(O)[C@H]1CCCC[C@@H]1C(=O)CCCCOC(=O)[C@@H]1CCCC[C@@H]1C(=O)O. The van der Waals surface area contributed by atoms with Crippen molar-refractivity contribution in [1.82, 2.24) is 0 Å². The predicted octanol–water partition coefficient (Wildman–Crippen LogP) is 3.05. The third kappa shape index (κ3) is 6.04. The molecule has 0 aromatic rings. The summed E-state index contributed by atoms with van der Waals surface area (Å²) in [6, 6.07) is 0. The van der Waals surface area contributed by atoms with E-state index in [9.17, 15) is 29.4 Å². The van der Waals surface area contributed by atoms with Crippen molar-refractivity contribution in [3.05, 3.63) is 0 Å². The Hall–Kier alpha value is -1.92. The summed E-state index contributed by atoms with van der Waals surface area (Å²) in [7, 11) is 0. The van der Waals surface area contributed by atoms with Crippen molar-refractivity contribution in [3.63, 3.8) is 0 Å². The molecular weight excluding hydrogens is 352 g/mol. The van der Waals surface area contributed by atoms with E-state index in [1.54, 1.807) is 0 Å². The molecule has 2 fully saturated rings. The molecule has 7 nitrogen and oxygen atoms in total. The highest BCUT2D eigenvalue weighted by Gasteiger charge is 2.37. The van der Waals surface area contributed by atoms with Gasteiger partial charge in [0.15, 0.2) is 0 Å². The van der Waals surface area contributed by atoms with Crippen LogP contribution in [0.25, 0.3) is 0 Å². The number of aliphatic carboxylic acids is 2. The van der Waals surface area contributed by atoms with Gasteiger partial charge in [-0.25, -0.2) is 0 Å². The molecular formula is C20H30O7. The van der Waals surface area contributed by atoms with Gasteiger partial charge in [-0.15, -0.1) is 0 Å². The fourth-order valence-corrected chi connectivity index (χ4v) is 4.39. The molecule has 0 aromatic heterocycles. The van der Waals surface area contributed by atoms with Crippen molar-refractivity contribution >= 4 is 23.7 Å². The van der Waals surface area contributed by atoms with Crippen molar-refractivity contribution in [1.29, 1.82) is 0 Å². The van der Waals surface area contributed by atoms with Crippen molar-refractivity contribution in [2.24, 2.45) is 23.7 Å². The monoisotopic (exact) mass is 382 g/mol. The number of unbranched alkanes of at least 4 members (excludes halogenated alkanes) is 1. The summed E-state index contributed by atoms with van der Waals surface area (Å²) >= 11 is 0. The number of Topliss-reactive ketones (excluding diaryl/α,β-unsaturated/α-hetero) is 1. The smallest absolute Gasteiger partial charge is 0.309 e.